The van der Waals surface area contributed by atoms with E-state index in [0.29, 0.717) is 26.0 Å². The summed E-state index contributed by atoms with van der Waals surface area (Å²) in [6.45, 7) is 2.75. The van der Waals surface area contributed by atoms with Crippen LogP contribution in [-0.4, -0.2) is 47.7 Å². The second-order valence-electron chi connectivity index (χ2n) is 7.07. The van der Waals surface area contributed by atoms with E-state index in [0.717, 1.165) is 5.56 Å². The average Bonchev–Trinajstić information content (AvgIpc) is 3.20. The van der Waals surface area contributed by atoms with Gasteiger partial charge in [0, 0.05) is 23.7 Å². The summed E-state index contributed by atoms with van der Waals surface area (Å²) in [5, 5.41) is 6.46. The van der Waals surface area contributed by atoms with Gasteiger partial charge in [-0.15, -0.1) is 0 Å². The minimum atomic E-state index is -0.640. The molecule has 0 radical (unpaired) electrons. The predicted octanol–water partition coefficient (Wildman–Crippen LogP) is 2.41. The van der Waals surface area contributed by atoms with Crippen molar-refractivity contribution >= 4 is 5.91 Å². The zero-order chi connectivity index (χ0) is 19.6. The zero-order valence-corrected chi connectivity index (χ0v) is 15.6. The van der Waals surface area contributed by atoms with Gasteiger partial charge in [-0.1, -0.05) is 42.4 Å². The fraction of sp³-hybridized carbons (Fsp3) is 0.526. The molecule has 0 bridgehead atoms. The van der Waals surface area contributed by atoms with Gasteiger partial charge >= 0.3 is 0 Å². The number of nitrogens with one attached hydrogen (secondary N) is 1. The van der Waals surface area contributed by atoms with E-state index in [2.05, 4.69) is 15.3 Å². The van der Waals surface area contributed by atoms with Crippen molar-refractivity contribution in [3.8, 4) is 0 Å². The lowest BCUT2D eigenvalue weighted by Gasteiger charge is -2.37. The van der Waals surface area contributed by atoms with Crippen molar-refractivity contribution in [3.63, 3.8) is 0 Å². The molecule has 0 spiro atoms. The summed E-state index contributed by atoms with van der Waals surface area (Å²) >= 11 is 0. The number of fused-ring (bicyclic) bond motifs is 3. The first-order valence-electron chi connectivity index (χ1n) is 9.43. The summed E-state index contributed by atoms with van der Waals surface area (Å²) in [6, 6.07) is 9.90. The number of amides is 1. The summed E-state index contributed by atoms with van der Waals surface area (Å²) < 4.78 is 18.9. The van der Waals surface area contributed by atoms with Crippen molar-refractivity contribution < 1.29 is 19.0 Å². The molecule has 148 valence electrons. The van der Waals surface area contributed by atoms with E-state index >= 15 is 0 Å². The smallest absolute Gasteiger partial charge is 0.248 e. The quantitative estimate of drug-likeness (QED) is 0.440. The molecule has 3 aliphatic rings. The molecule has 0 aliphatic carbocycles. The molecule has 2 fully saturated rings. The predicted molar refractivity (Wildman–Crippen MR) is 99.3 cm³/mol. The Morgan fingerprint density at radius 1 is 1.39 bits per heavy atom. The number of benzene rings is 1. The molecule has 2 saturated heterocycles. The van der Waals surface area contributed by atoms with Crippen molar-refractivity contribution in [2.45, 2.75) is 56.8 Å². The van der Waals surface area contributed by atoms with Crippen LogP contribution in [0.1, 0.15) is 25.3 Å². The largest absolute Gasteiger partial charge is 0.368 e. The van der Waals surface area contributed by atoms with Gasteiger partial charge < -0.3 is 24.4 Å². The van der Waals surface area contributed by atoms with E-state index in [4.69, 9.17) is 19.7 Å². The molecule has 9 heteroatoms. The van der Waals surface area contributed by atoms with Gasteiger partial charge in [0.15, 0.2) is 6.23 Å². The maximum Gasteiger partial charge on any atom is 0.248 e. The SMILES string of the molecule is CC[C@@]1(CCN=[N+]=[N-])O[C@@H]2C(OC3NC(=O)C=CN32)[C@H]1OCc1ccccc1. The number of hydrogen-bond donors (Lipinski definition) is 1. The molecule has 2 unspecified atom stereocenters. The van der Waals surface area contributed by atoms with E-state index in [-0.39, 0.29) is 24.3 Å². The molecule has 1 N–H and O–H groups in total. The van der Waals surface area contributed by atoms with Gasteiger partial charge in [0.05, 0.1) is 12.2 Å². The molecular formula is C19H23N5O4. The van der Waals surface area contributed by atoms with E-state index in [1.54, 1.807) is 6.20 Å². The van der Waals surface area contributed by atoms with Crippen molar-refractivity contribution in [2.24, 2.45) is 5.11 Å². The van der Waals surface area contributed by atoms with Crippen LogP contribution >= 0.6 is 0 Å². The van der Waals surface area contributed by atoms with Crippen molar-refractivity contribution in [3.05, 3.63) is 58.6 Å². The lowest BCUT2D eigenvalue weighted by atomic mass is 9.88. The van der Waals surface area contributed by atoms with Crippen LogP contribution in [0.4, 0.5) is 0 Å². The first-order chi connectivity index (χ1) is 13.7. The summed E-state index contributed by atoms with van der Waals surface area (Å²) in [5.41, 5.74) is 9.07. The summed E-state index contributed by atoms with van der Waals surface area (Å²) in [4.78, 5) is 16.4. The summed E-state index contributed by atoms with van der Waals surface area (Å²) in [5.74, 6) is -0.201. The maximum atomic E-state index is 11.7. The minimum absolute atomic E-state index is 0.201. The molecule has 3 heterocycles. The van der Waals surface area contributed by atoms with E-state index in [9.17, 15) is 4.79 Å². The topological polar surface area (TPSA) is 109 Å². The Morgan fingerprint density at radius 2 is 2.21 bits per heavy atom. The molecule has 4 rings (SSSR count). The Labute approximate surface area is 162 Å². The first-order valence-corrected chi connectivity index (χ1v) is 9.43. The number of azide groups is 1. The summed E-state index contributed by atoms with van der Waals surface area (Å²) in [7, 11) is 0. The fourth-order valence-corrected chi connectivity index (χ4v) is 4.09. The van der Waals surface area contributed by atoms with Crippen molar-refractivity contribution in [1.29, 1.82) is 0 Å². The average molecular weight is 385 g/mol. The number of nitrogens with zero attached hydrogens (tertiary/aromatic N) is 4. The highest BCUT2D eigenvalue weighted by molar-refractivity contribution is 5.88. The molecule has 1 aromatic carbocycles. The molecule has 1 aromatic rings. The molecule has 28 heavy (non-hydrogen) atoms. The Bertz CT molecular complexity index is 797. The van der Waals surface area contributed by atoms with Gasteiger partial charge in [-0.05, 0) is 23.9 Å². The molecule has 3 aliphatic heterocycles. The van der Waals surface area contributed by atoms with Crippen LogP contribution in [0.2, 0.25) is 0 Å². The van der Waals surface area contributed by atoms with Crippen LogP contribution in [-0.2, 0) is 25.6 Å². The monoisotopic (exact) mass is 385 g/mol. The van der Waals surface area contributed by atoms with Crippen LogP contribution in [0.5, 0.6) is 0 Å². The summed E-state index contributed by atoms with van der Waals surface area (Å²) in [6.07, 6.45) is 2.67. The standard InChI is InChI=1S/C19H23N5O4/c1-2-19(9-10-21-23-20)16(26-12-13-6-4-3-5-7-13)15-17(28-19)24-11-8-14(25)22-18(24)27-15/h3-8,11,15-18H,2,9-10,12H2,1H3,(H,22,25)/t15?,16-,17-,18?,19+/m1/s1. The van der Waals surface area contributed by atoms with Crippen LogP contribution < -0.4 is 5.32 Å². The molecule has 5 atom stereocenters. The first kappa shape index (κ1) is 18.8. The highest BCUT2D eigenvalue weighted by atomic mass is 16.7. The van der Waals surface area contributed by atoms with E-state index < -0.39 is 12.0 Å². The van der Waals surface area contributed by atoms with Crippen LogP contribution in [0.3, 0.4) is 0 Å². The van der Waals surface area contributed by atoms with Crippen LogP contribution in [0, 0.1) is 0 Å². The number of carbonyl (C=O) groups excluding carboxylic acids is 1. The molecule has 1 amide bonds. The Kier molecular flexibility index (Phi) is 5.23. The molecule has 0 aromatic heterocycles. The van der Waals surface area contributed by atoms with Crippen molar-refractivity contribution in [1.82, 2.24) is 10.2 Å². The Hall–Kier alpha value is -2.58. The van der Waals surface area contributed by atoms with Crippen LogP contribution in [0.25, 0.3) is 10.4 Å². The Balaban J connectivity index is 1.58. The number of rotatable bonds is 7. The van der Waals surface area contributed by atoms with Gasteiger partial charge in [-0.25, -0.2) is 0 Å². The van der Waals surface area contributed by atoms with Gasteiger partial charge in [0.2, 0.25) is 12.3 Å². The fourth-order valence-electron chi connectivity index (χ4n) is 4.09. The number of carbonyl (C=O) groups is 1. The van der Waals surface area contributed by atoms with Gasteiger partial charge in [-0.3, -0.25) is 4.79 Å². The van der Waals surface area contributed by atoms with Crippen molar-refractivity contribution in [2.75, 3.05) is 6.54 Å². The van der Waals surface area contributed by atoms with Gasteiger partial charge in [0.1, 0.15) is 12.2 Å². The van der Waals surface area contributed by atoms with Gasteiger partial charge in [-0.2, -0.15) is 0 Å². The second-order valence-corrected chi connectivity index (χ2v) is 7.07. The highest BCUT2D eigenvalue weighted by Gasteiger charge is 2.61. The number of hydrogen-bond acceptors (Lipinski definition) is 6. The molecular weight excluding hydrogens is 362 g/mol. The Morgan fingerprint density at radius 3 is 2.96 bits per heavy atom. The van der Waals surface area contributed by atoms with E-state index in [1.165, 1.54) is 6.08 Å². The number of ether oxygens (including phenoxy) is 3. The second kappa shape index (κ2) is 7.81. The van der Waals surface area contributed by atoms with Gasteiger partial charge in [0.25, 0.3) is 0 Å². The third-order valence-corrected chi connectivity index (χ3v) is 5.54. The lowest BCUT2D eigenvalue weighted by molar-refractivity contribution is -0.168. The third-order valence-electron chi connectivity index (χ3n) is 5.54. The molecule has 9 nitrogen and oxygen atoms in total. The molecule has 0 saturated carbocycles. The minimum Gasteiger partial charge on any atom is -0.368 e. The zero-order valence-electron chi connectivity index (χ0n) is 15.6. The van der Waals surface area contributed by atoms with E-state index in [1.807, 2.05) is 42.2 Å². The lowest BCUT2D eigenvalue weighted by Crippen LogP contribution is -2.51. The maximum absolute atomic E-state index is 11.7. The highest BCUT2D eigenvalue weighted by Crippen LogP contribution is 2.45. The van der Waals surface area contributed by atoms with Crippen LogP contribution in [0.15, 0.2) is 47.7 Å². The third kappa shape index (κ3) is 3.33. The normalized spacial score (nSPS) is 33.2.